The molecule has 5 nitrogen and oxygen atoms in total. The predicted octanol–water partition coefficient (Wildman–Crippen LogP) is 3.35. The van der Waals surface area contributed by atoms with Gasteiger partial charge in [-0.1, -0.05) is 0 Å². The van der Waals surface area contributed by atoms with Gasteiger partial charge in [-0.3, -0.25) is 4.79 Å². The van der Waals surface area contributed by atoms with Crippen LogP contribution in [0.4, 0.5) is 20.2 Å². The molecule has 1 aliphatic rings. The van der Waals surface area contributed by atoms with Gasteiger partial charge >= 0.3 is 0 Å². The SMILES string of the molecule is N#C/C(=C\c1ccc(F)cc1F)C(=O)Nc1ccc(N2CCOCC2)cc1. The van der Waals surface area contributed by atoms with Crippen LogP contribution in [0, 0.1) is 23.0 Å². The van der Waals surface area contributed by atoms with Crippen LogP contribution in [-0.4, -0.2) is 32.2 Å². The van der Waals surface area contributed by atoms with Crippen LogP contribution in [0.2, 0.25) is 0 Å². The van der Waals surface area contributed by atoms with Crippen molar-refractivity contribution in [2.24, 2.45) is 0 Å². The number of amides is 1. The van der Waals surface area contributed by atoms with E-state index in [1.54, 1.807) is 18.2 Å². The number of morpholine rings is 1. The first kappa shape index (κ1) is 18.5. The zero-order valence-corrected chi connectivity index (χ0v) is 14.4. The van der Waals surface area contributed by atoms with Crippen molar-refractivity contribution in [2.45, 2.75) is 0 Å². The van der Waals surface area contributed by atoms with E-state index in [4.69, 9.17) is 4.74 Å². The number of ether oxygens (including phenoxy) is 1. The Bertz CT molecular complexity index is 898. The van der Waals surface area contributed by atoms with E-state index in [9.17, 15) is 18.8 Å². The summed E-state index contributed by atoms with van der Waals surface area (Å²) in [6.45, 7) is 2.95. The monoisotopic (exact) mass is 369 g/mol. The number of anilines is 2. The predicted molar refractivity (Wildman–Crippen MR) is 98.1 cm³/mol. The van der Waals surface area contributed by atoms with Gasteiger partial charge in [0.2, 0.25) is 0 Å². The first-order valence-electron chi connectivity index (χ1n) is 8.38. The van der Waals surface area contributed by atoms with E-state index in [0.717, 1.165) is 30.9 Å². The van der Waals surface area contributed by atoms with Gasteiger partial charge in [0.15, 0.2) is 0 Å². The second-order valence-corrected chi connectivity index (χ2v) is 5.94. The molecule has 2 aromatic carbocycles. The standard InChI is InChI=1S/C20H17F2N3O2/c21-16-2-1-14(19(22)12-16)11-15(13-23)20(26)24-17-3-5-18(6-4-17)25-7-9-27-10-8-25/h1-6,11-12H,7-10H2,(H,24,26)/b15-11+. The van der Waals surface area contributed by atoms with Gasteiger partial charge in [-0.2, -0.15) is 5.26 Å². The lowest BCUT2D eigenvalue weighted by molar-refractivity contribution is -0.112. The Morgan fingerprint density at radius 1 is 1.15 bits per heavy atom. The molecular formula is C20H17F2N3O2. The number of carbonyl (C=O) groups is 1. The molecule has 0 spiro atoms. The Hall–Kier alpha value is -3.24. The van der Waals surface area contributed by atoms with E-state index in [0.29, 0.717) is 25.0 Å². The Kier molecular flexibility index (Phi) is 5.79. The Morgan fingerprint density at radius 3 is 2.48 bits per heavy atom. The zero-order chi connectivity index (χ0) is 19.2. The average molecular weight is 369 g/mol. The van der Waals surface area contributed by atoms with Crippen LogP contribution < -0.4 is 10.2 Å². The number of carbonyl (C=O) groups excluding carboxylic acids is 1. The number of hydrogen-bond acceptors (Lipinski definition) is 4. The lowest BCUT2D eigenvalue weighted by atomic mass is 10.1. The van der Waals surface area contributed by atoms with Gasteiger partial charge in [0, 0.05) is 36.1 Å². The average Bonchev–Trinajstić information content (AvgIpc) is 2.68. The quantitative estimate of drug-likeness (QED) is 0.663. The third kappa shape index (κ3) is 4.68. The molecule has 1 fully saturated rings. The number of rotatable bonds is 4. The molecule has 2 aromatic rings. The minimum absolute atomic E-state index is 0.0363. The first-order chi connectivity index (χ1) is 13.1. The van der Waals surface area contributed by atoms with Gasteiger partial charge in [0.1, 0.15) is 23.3 Å². The molecule has 3 rings (SSSR count). The lowest BCUT2D eigenvalue weighted by Crippen LogP contribution is -2.36. The van der Waals surface area contributed by atoms with Crippen LogP contribution in [0.5, 0.6) is 0 Å². The third-order valence-corrected chi connectivity index (χ3v) is 4.13. The molecule has 0 radical (unpaired) electrons. The molecule has 0 atom stereocenters. The summed E-state index contributed by atoms with van der Waals surface area (Å²) in [5, 5.41) is 11.8. The fourth-order valence-corrected chi connectivity index (χ4v) is 2.70. The second-order valence-electron chi connectivity index (χ2n) is 5.94. The molecule has 1 aliphatic heterocycles. The van der Waals surface area contributed by atoms with Crippen LogP contribution in [0.1, 0.15) is 5.56 Å². The van der Waals surface area contributed by atoms with Crippen LogP contribution in [0.3, 0.4) is 0 Å². The second kappa shape index (κ2) is 8.43. The van der Waals surface area contributed by atoms with E-state index in [-0.39, 0.29) is 11.1 Å². The highest BCUT2D eigenvalue weighted by Crippen LogP contribution is 2.20. The summed E-state index contributed by atoms with van der Waals surface area (Å²) in [6.07, 6.45) is 1.09. The molecule has 138 valence electrons. The summed E-state index contributed by atoms with van der Waals surface area (Å²) in [5.74, 6) is -2.24. The molecule has 1 heterocycles. The summed E-state index contributed by atoms with van der Waals surface area (Å²) in [5.41, 5.74) is 1.21. The number of hydrogen-bond donors (Lipinski definition) is 1. The number of halogens is 2. The van der Waals surface area contributed by atoms with Crippen molar-refractivity contribution >= 4 is 23.4 Å². The molecule has 1 amide bonds. The zero-order valence-electron chi connectivity index (χ0n) is 14.4. The number of nitrogens with zero attached hydrogens (tertiary/aromatic N) is 2. The fourth-order valence-electron chi connectivity index (χ4n) is 2.70. The Balaban J connectivity index is 1.71. The summed E-state index contributed by atoms with van der Waals surface area (Å²) < 4.78 is 32.0. The van der Waals surface area contributed by atoms with Crippen molar-refractivity contribution in [2.75, 3.05) is 36.5 Å². The van der Waals surface area contributed by atoms with Gasteiger partial charge in [-0.25, -0.2) is 8.78 Å². The van der Waals surface area contributed by atoms with E-state index in [1.807, 2.05) is 12.1 Å². The maximum atomic E-state index is 13.7. The molecular weight excluding hydrogens is 352 g/mol. The van der Waals surface area contributed by atoms with E-state index in [2.05, 4.69) is 10.2 Å². The lowest BCUT2D eigenvalue weighted by Gasteiger charge is -2.28. The highest BCUT2D eigenvalue weighted by atomic mass is 19.1. The number of nitriles is 1. The smallest absolute Gasteiger partial charge is 0.266 e. The first-order valence-corrected chi connectivity index (χ1v) is 8.38. The molecule has 0 aromatic heterocycles. The minimum Gasteiger partial charge on any atom is -0.378 e. The highest BCUT2D eigenvalue weighted by Gasteiger charge is 2.13. The summed E-state index contributed by atoms with van der Waals surface area (Å²) in [4.78, 5) is 14.5. The van der Waals surface area contributed by atoms with E-state index >= 15 is 0 Å². The van der Waals surface area contributed by atoms with Crippen molar-refractivity contribution in [1.82, 2.24) is 0 Å². The van der Waals surface area contributed by atoms with Crippen molar-refractivity contribution in [3.63, 3.8) is 0 Å². The molecule has 0 aliphatic carbocycles. The van der Waals surface area contributed by atoms with E-state index < -0.39 is 17.5 Å². The highest BCUT2D eigenvalue weighted by molar-refractivity contribution is 6.09. The molecule has 0 unspecified atom stereocenters. The van der Waals surface area contributed by atoms with Crippen LogP contribution in [0.15, 0.2) is 48.0 Å². The largest absolute Gasteiger partial charge is 0.378 e. The third-order valence-electron chi connectivity index (χ3n) is 4.13. The van der Waals surface area contributed by atoms with E-state index in [1.165, 1.54) is 6.07 Å². The molecule has 27 heavy (non-hydrogen) atoms. The van der Waals surface area contributed by atoms with Crippen LogP contribution in [0.25, 0.3) is 6.08 Å². The van der Waals surface area contributed by atoms with Crippen molar-refractivity contribution in [3.8, 4) is 6.07 Å². The topological polar surface area (TPSA) is 65.4 Å². The Morgan fingerprint density at radius 2 is 1.85 bits per heavy atom. The summed E-state index contributed by atoms with van der Waals surface area (Å²) in [7, 11) is 0. The fraction of sp³-hybridized carbons (Fsp3) is 0.200. The van der Waals surface area contributed by atoms with Crippen LogP contribution in [-0.2, 0) is 9.53 Å². The maximum Gasteiger partial charge on any atom is 0.266 e. The number of benzene rings is 2. The van der Waals surface area contributed by atoms with Gasteiger partial charge in [-0.05, 0) is 42.5 Å². The summed E-state index contributed by atoms with van der Waals surface area (Å²) in [6, 6.07) is 11.9. The summed E-state index contributed by atoms with van der Waals surface area (Å²) >= 11 is 0. The minimum atomic E-state index is -0.842. The van der Waals surface area contributed by atoms with Gasteiger partial charge in [0.25, 0.3) is 5.91 Å². The molecule has 0 saturated carbocycles. The molecule has 0 bridgehead atoms. The van der Waals surface area contributed by atoms with Crippen molar-refractivity contribution in [1.29, 1.82) is 5.26 Å². The molecule has 7 heteroatoms. The van der Waals surface area contributed by atoms with Crippen molar-refractivity contribution < 1.29 is 18.3 Å². The van der Waals surface area contributed by atoms with Gasteiger partial charge in [-0.15, -0.1) is 0 Å². The van der Waals surface area contributed by atoms with Crippen LogP contribution >= 0.6 is 0 Å². The number of nitrogens with one attached hydrogen (secondary N) is 1. The molecule has 1 N–H and O–H groups in total. The maximum absolute atomic E-state index is 13.7. The van der Waals surface area contributed by atoms with Crippen molar-refractivity contribution in [3.05, 3.63) is 65.2 Å². The normalized spacial score (nSPS) is 14.6. The Labute approximate surface area is 155 Å². The molecule has 1 saturated heterocycles. The van der Waals surface area contributed by atoms with Gasteiger partial charge in [0.05, 0.1) is 13.2 Å². The van der Waals surface area contributed by atoms with Gasteiger partial charge < -0.3 is 15.0 Å².